The molecule has 0 saturated carbocycles. The number of carboxylic acid groups (broad SMARTS) is 1. The molecule has 182 valence electrons. The van der Waals surface area contributed by atoms with E-state index in [4.69, 9.17) is 19.3 Å². The van der Waals surface area contributed by atoms with Crippen molar-refractivity contribution in [3.8, 4) is 22.9 Å². The fraction of sp³-hybridized carbons (Fsp3) is 0.417. The van der Waals surface area contributed by atoms with Crippen molar-refractivity contribution in [1.82, 2.24) is 19.5 Å². The van der Waals surface area contributed by atoms with Crippen molar-refractivity contribution in [3.05, 3.63) is 42.4 Å². The van der Waals surface area contributed by atoms with E-state index in [0.717, 1.165) is 16.9 Å². The van der Waals surface area contributed by atoms with Crippen LogP contribution in [-0.2, 0) is 9.47 Å². The lowest BCUT2D eigenvalue weighted by molar-refractivity contribution is -0.141. The van der Waals surface area contributed by atoms with Crippen LogP contribution in [0.2, 0.25) is 0 Å². The number of amides is 1. The molecule has 0 spiro atoms. The van der Waals surface area contributed by atoms with Crippen molar-refractivity contribution >= 4 is 17.4 Å². The van der Waals surface area contributed by atoms with Gasteiger partial charge in [0.25, 0.3) is 0 Å². The number of ether oxygens (including phenoxy) is 3. The zero-order valence-corrected chi connectivity index (χ0v) is 19.5. The van der Waals surface area contributed by atoms with Gasteiger partial charge in [-0.1, -0.05) is 0 Å². The molecule has 2 saturated heterocycles. The first kappa shape index (κ1) is 22.9. The van der Waals surface area contributed by atoms with Crippen molar-refractivity contribution in [1.29, 1.82) is 5.26 Å². The fourth-order valence-electron chi connectivity index (χ4n) is 4.37. The number of carbonyl (C=O) groups is 1. The van der Waals surface area contributed by atoms with E-state index in [1.54, 1.807) is 16.9 Å². The standard InChI is InChI=1S/C24H26N6O5/c1-24(2)34-15-19(35-24)14-33-18-9-20(22-17(10-25)12-27-30(22)13-18)16-3-4-21(26-11-16)28-5-7-29(8-6-28)23(31)32/h3-4,9,11-13,19H,5-8,14-15H2,1-2H3,(H,31,32)/t19-/m1/s1. The van der Waals surface area contributed by atoms with Gasteiger partial charge in [0.15, 0.2) is 5.79 Å². The third-order valence-electron chi connectivity index (χ3n) is 6.14. The molecule has 3 aromatic rings. The molecule has 2 aliphatic heterocycles. The lowest BCUT2D eigenvalue weighted by atomic mass is 10.1. The molecule has 0 aliphatic carbocycles. The summed E-state index contributed by atoms with van der Waals surface area (Å²) in [6.45, 7) is 6.55. The number of rotatable bonds is 5. The van der Waals surface area contributed by atoms with Crippen LogP contribution in [0.1, 0.15) is 19.4 Å². The van der Waals surface area contributed by atoms with Crippen LogP contribution in [0.5, 0.6) is 5.75 Å². The number of piperazine rings is 1. The van der Waals surface area contributed by atoms with Crippen molar-refractivity contribution < 1.29 is 24.1 Å². The van der Waals surface area contributed by atoms with Gasteiger partial charge in [-0.2, -0.15) is 10.4 Å². The quantitative estimate of drug-likeness (QED) is 0.589. The van der Waals surface area contributed by atoms with Crippen LogP contribution in [-0.4, -0.2) is 82.0 Å². The lowest BCUT2D eigenvalue weighted by Crippen LogP contribution is -2.48. The number of hydrogen-bond donors (Lipinski definition) is 1. The molecule has 2 aliphatic rings. The summed E-state index contributed by atoms with van der Waals surface area (Å²) >= 11 is 0. The first-order chi connectivity index (χ1) is 16.8. The van der Waals surface area contributed by atoms with Crippen molar-refractivity contribution in [3.63, 3.8) is 0 Å². The second-order valence-electron chi connectivity index (χ2n) is 8.98. The van der Waals surface area contributed by atoms with Crippen LogP contribution in [0.25, 0.3) is 16.6 Å². The van der Waals surface area contributed by atoms with Crippen LogP contribution in [0, 0.1) is 11.3 Å². The molecular formula is C24H26N6O5. The largest absolute Gasteiger partial charge is 0.489 e. The summed E-state index contributed by atoms with van der Waals surface area (Å²) in [5.74, 6) is 0.736. The Hall–Kier alpha value is -3.88. The highest BCUT2D eigenvalue weighted by Crippen LogP contribution is 2.32. The number of aromatic nitrogens is 3. The van der Waals surface area contributed by atoms with Gasteiger partial charge in [0, 0.05) is 43.5 Å². The zero-order valence-electron chi connectivity index (χ0n) is 19.5. The van der Waals surface area contributed by atoms with Gasteiger partial charge in [-0.15, -0.1) is 0 Å². The Morgan fingerprint density at radius 3 is 2.71 bits per heavy atom. The lowest BCUT2D eigenvalue weighted by Gasteiger charge is -2.33. The molecule has 0 unspecified atom stereocenters. The maximum Gasteiger partial charge on any atom is 0.407 e. The minimum Gasteiger partial charge on any atom is -0.489 e. The molecular weight excluding hydrogens is 452 g/mol. The second kappa shape index (κ2) is 9.05. The predicted molar refractivity (Wildman–Crippen MR) is 125 cm³/mol. The number of fused-ring (bicyclic) bond motifs is 1. The topological polar surface area (TPSA) is 125 Å². The van der Waals surface area contributed by atoms with E-state index in [9.17, 15) is 10.1 Å². The molecule has 0 radical (unpaired) electrons. The number of pyridine rings is 2. The van der Waals surface area contributed by atoms with E-state index in [2.05, 4.69) is 21.1 Å². The van der Waals surface area contributed by atoms with Gasteiger partial charge < -0.3 is 29.1 Å². The number of nitrogens with zero attached hydrogens (tertiary/aromatic N) is 6. The molecule has 3 aromatic heterocycles. The monoisotopic (exact) mass is 478 g/mol. The average molecular weight is 479 g/mol. The minimum atomic E-state index is -0.899. The Labute approximate surface area is 202 Å². The van der Waals surface area contributed by atoms with Gasteiger partial charge in [-0.05, 0) is 32.0 Å². The third-order valence-corrected chi connectivity index (χ3v) is 6.14. The van der Waals surface area contributed by atoms with E-state index in [0.29, 0.717) is 56.2 Å². The molecule has 35 heavy (non-hydrogen) atoms. The molecule has 5 rings (SSSR count). The SMILES string of the molecule is CC1(C)OC[C@@H](COc2cc(-c3ccc(N4CCN(C(=O)O)CC4)nc3)c3c(C#N)cnn3c2)O1. The molecule has 0 aromatic carbocycles. The van der Waals surface area contributed by atoms with Gasteiger partial charge in [0.1, 0.15) is 30.3 Å². The van der Waals surface area contributed by atoms with Crippen LogP contribution < -0.4 is 9.64 Å². The summed E-state index contributed by atoms with van der Waals surface area (Å²) in [6, 6.07) is 7.92. The molecule has 0 bridgehead atoms. The molecule has 1 N–H and O–H groups in total. The smallest absolute Gasteiger partial charge is 0.407 e. The molecule has 11 heteroatoms. The molecule has 2 fully saturated rings. The van der Waals surface area contributed by atoms with Crippen LogP contribution in [0.4, 0.5) is 10.6 Å². The van der Waals surface area contributed by atoms with Crippen molar-refractivity contribution in [2.45, 2.75) is 25.7 Å². The second-order valence-corrected chi connectivity index (χ2v) is 8.98. The highest BCUT2D eigenvalue weighted by atomic mass is 16.7. The molecule has 11 nitrogen and oxygen atoms in total. The van der Waals surface area contributed by atoms with Gasteiger partial charge in [-0.3, -0.25) is 0 Å². The van der Waals surface area contributed by atoms with E-state index in [1.165, 1.54) is 11.1 Å². The van der Waals surface area contributed by atoms with E-state index in [-0.39, 0.29) is 6.10 Å². The summed E-state index contributed by atoms with van der Waals surface area (Å²) in [5.41, 5.74) is 2.71. The van der Waals surface area contributed by atoms with E-state index in [1.807, 2.05) is 32.0 Å². The van der Waals surface area contributed by atoms with E-state index >= 15 is 0 Å². The molecule has 5 heterocycles. The Kier molecular flexibility index (Phi) is 5.92. The van der Waals surface area contributed by atoms with Crippen LogP contribution in [0.3, 0.4) is 0 Å². The third kappa shape index (κ3) is 4.71. The van der Waals surface area contributed by atoms with Gasteiger partial charge >= 0.3 is 6.09 Å². The highest BCUT2D eigenvalue weighted by molar-refractivity contribution is 5.85. The summed E-state index contributed by atoms with van der Waals surface area (Å²) in [5, 5.41) is 23.1. The Bertz CT molecular complexity index is 1270. The first-order valence-electron chi connectivity index (χ1n) is 11.4. The summed E-state index contributed by atoms with van der Waals surface area (Å²) < 4.78 is 19.1. The summed E-state index contributed by atoms with van der Waals surface area (Å²) in [7, 11) is 0. The average Bonchev–Trinajstić information content (AvgIpc) is 3.44. The van der Waals surface area contributed by atoms with Crippen molar-refractivity contribution in [2.24, 2.45) is 0 Å². The first-order valence-corrected chi connectivity index (χ1v) is 11.4. The maximum absolute atomic E-state index is 11.2. The van der Waals surface area contributed by atoms with Crippen LogP contribution >= 0.6 is 0 Å². The van der Waals surface area contributed by atoms with Gasteiger partial charge in [-0.25, -0.2) is 14.3 Å². The molecule has 1 amide bonds. The predicted octanol–water partition coefficient (Wildman–Crippen LogP) is 2.60. The van der Waals surface area contributed by atoms with Crippen LogP contribution in [0.15, 0.2) is 36.8 Å². The van der Waals surface area contributed by atoms with Gasteiger partial charge in [0.2, 0.25) is 0 Å². The number of hydrogen-bond acceptors (Lipinski definition) is 8. The zero-order chi connectivity index (χ0) is 24.6. The molecule has 1 atom stereocenters. The Morgan fingerprint density at radius 2 is 2.09 bits per heavy atom. The maximum atomic E-state index is 11.2. The minimum absolute atomic E-state index is 0.181. The number of anilines is 1. The Morgan fingerprint density at radius 1 is 1.29 bits per heavy atom. The highest BCUT2D eigenvalue weighted by Gasteiger charge is 2.33. The normalized spacial score (nSPS) is 19.6. The summed E-state index contributed by atoms with van der Waals surface area (Å²) in [6.07, 6.45) is 3.94. The number of nitriles is 1. The Balaban J connectivity index is 1.39. The van der Waals surface area contributed by atoms with E-state index < -0.39 is 11.9 Å². The fourth-order valence-corrected chi connectivity index (χ4v) is 4.37. The summed E-state index contributed by atoms with van der Waals surface area (Å²) in [4.78, 5) is 19.2. The van der Waals surface area contributed by atoms with Crippen molar-refractivity contribution in [2.75, 3.05) is 44.3 Å². The van der Waals surface area contributed by atoms with Gasteiger partial charge in [0.05, 0.1) is 30.1 Å².